The van der Waals surface area contributed by atoms with Crippen LogP contribution in [0.4, 0.5) is 0 Å². The Hall–Kier alpha value is -1.04. The van der Waals surface area contributed by atoms with E-state index in [0.717, 1.165) is 0 Å². The number of rotatable bonds is 4. The van der Waals surface area contributed by atoms with Crippen LogP contribution in [0.1, 0.15) is 22.0 Å². The maximum atomic E-state index is 10.5. The summed E-state index contributed by atoms with van der Waals surface area (Å²) in [6.45, 7) is 0. The van der Waals surface area contributed by atoms with Gasteiger partial charge < -0.3 is 15.3 Å². The van der Waals surface area contributed by atoms with Crippen LogP contribution >= 0.6 is 12.6 Å². The number of hydrogen-bond donors (Lipinski definition) is 4. The summed E-state index contributed by atoms with van der Waals surface area (Å²) in [5.74, 6) is -0.0420. The number of benzene rings is 1. The number of hydrogen-bond acceptors (Lipinski definition) is 5. The van der Waals surface area contributed by atoms with Gasteiger partial charge in [-0.15, -0.1) is 0 Å². The highest BCUT2D eigenvalue weighted by Gasteiger charge is 2.17. The van der Waals surface area contributed by atoms with Crippen molar-refractivity contribution in [3.05, 3.63) is 29.3 Å². The number of carbonyl (C=O) groups is 1. The van der Waals surface area contributed by atoms with Crippen molar-refractivity contribution in [1.29, 1.82) is 0 Å². The van der Waals surface area contributed by atoms with Crippen molar-refractivity contribution in [2.45, 2.75) is 12.2 Å². The van der Waals surface area contributed by atoms with E-state index in [1.165, 1.54) is 18.2 Å². The molecule has 0 radical (unpaired) electrons. The molecule has 0 aromatic heterocycles. The minimum Gasteiger partial charge on any atom is -0.507 e. The van der Waals surface area contributed by atoms with Crippen LogP contribution in [-0.2, 0) is 0 Å². The van der Waals surface area contributed by atoms with Crippen molar-refractivity contribution < 1.29 is 20.1 Å². The summed E-state index contributed by atoms with van der Waals surface area (Å²) in [6, 6.07) is 4.08. The molecule has 0 spiro atoms. The fourth-order valence-electron chi connectivity index (χ4n) is 1.17. The average Bonchev–Trinajstić information content (AvgIpc) is 2.27. The van der Waals surface area contributed by atoms with Gasteiger partial charge in [-0.1, -0.05) is 6.07 Å². The van der Waals surface area contributed by atoms with Gasteiger partial charge in [0.15, 0.2) is 6.29 Å². The molecular formula is C10H12O4S. The Morgan fingerprint density at radius 1 is 1.40 bits per heavy atom. The molecule has 0 saturated carbocycles. The second-order valence-corrected chi connectivity index (χ2v) is 3.50. The number of carbonyl (C=O) groups excluding carboxylic acids is 1. The lowest BCUT2D eigenvalue weighted by Crippen LogP contribution is -2.19. The van der Waals surface area contributed by atoms with E-state index in [9.17, 15) is 20.1 Å². The van der Waals surface area contributed by atoms with Crippen LogP contribution in [0.25, 0.3) is 0 Å². The molecule has 4 nitrogen and oxygen atoms in total. The van der Waals surface area contributed by atoms with Crippen LogP contribution < -0.4 is 0 Å². The Morgan fingerprint density at radius 2 is 2.07 bits per heavy atom. The SMILES string of the molecule is O=Cc1cc(C(O)C(O)CS)ccc1O. The number of phenolic OH excluding ortho intramolecular Hbond substituents is 1. The van der Waals surface area contributed by atoms with Crippen molar-refractivity contribution in [2.24, 2.45) is 0 Å². The normalized spacial score (nSPS) is 14.6. The lowest BCUT2D eigenvalue weighted by molar-refractivity contribution is 0.0337. The number of aldehydes is 1. The Labute approximate surface area is 92.6 Å². The molecule has 0 fully saturated rings. The molecule has 5 heteroatoms. The predicted octanol–water partition coefficient (Wildman–Crippen LogP) is 0.529. The van der Waals surface area contributed by atoms with Crippen molar-refractivity contribution >= 4 is 18.9 Å². The zero-order valence-corrected chi connectivity index (χ0v) is 8.76. The summed E-state index contributed by atoms with van der Waals surface area (Å²) in [4.78, 5) is 10.5. The monoisotopic (exact) mass is 228 g/mol. The maximum Gasteiger partial charge on any atom is 0.153 e. The van der Waals surface area contributed by atoms with Gasteiger partial charge in [0.1, 0.15) is 11.9 Å². The number of aliphatic hydroxyl groups excluding tert-OH is 2. The molecule has 1 aromatic rings. The van der Waals surface area contributed by atoms with E-state index in [4.69, 9.17) is 0 Å². The summed E-state index contributed by atoms with van der Waals surface area (Å²) in [7, 11) is 0. The molecule has 0 saturated heterocycles. The largest absolute Gasteiger partial charge is 0.507 e. The second-order valence-electron chi connectivity index (χ2n) is 3.13. The molecule has 1 rings (SSSR count). The van der Waals surface area contributed by atoms with E-state index in [1.54, 1.807) is 0 Å². The summed E-state index contributed by atoms with van der Waals surface area (Å²) in [6.07, 6.45) is -1.63. The molecule has 0 aliphatic rings. The van der Waals surface area contributed by atoms with Crippen molar-refractivity contribution in [3.8, 4) is 5.75 Å². The molecule has 1 aromatic carbocycles. The van der Waals surface area contributed by atoms with Gasteiger partial charge in [-0.05, 0) is 17.7 Å². The molecule has 0 amide bonds. The van der Waals surface area contributed by atoms with Gasteiger partial charge in [-0.2, -0.15) is 12.6 Å². The van der Waals surface area contributed by atoms with E-state index in [0.29, 0.717) is 11.8 Å². The molecule has 0 heterocycles. The molecule has 15 heavy (non-hydrogen) atoms. The number of phenols is 1. The minimum atomic E-state index is -1.11. The zero-order chi connectivity index (χ0) is 11.4. The lowest BCUT2D eigenvalue weighted by Gasteiger charge is -2.16. The zero-order valence-electron chi connectivity index (χ0n) is 7.87. The third-order valence-electron chi connectivity index (χ3n) is 2.07. The Kier molecular flexibility index (Phi) is 4.14. The highest BCUT2D eigenvalue weighted by atomic mass is 32.1. The van der Waals surface area contributed by atoms with Crippen LogP contribution in [0.15, 0.2) is 18.2 Å². The first-order valence-electron chi connectivity index (χ1n) is 4.35. The summed E-state index contributed by atoms with van der Waals surface area (Å²) in [5, 5.41) is 28.2. The van der Waals surface area contributed by atoms with Crippen molar-refractivity contribution in [3.63, 3.8) is 0 Å². The first-order chi connectivity index (χ1) is 7.10. The third kappa shape index (κ3) is 2.71. The quantitative estimate of drug-likeness (QED) is 0.448. The van der Waals surface area contributed by atoms with Gasteiger partial charge >= 0.3 is 0 Å². The average molecular weight is 228 g/mol. The van der Waals surface area contributed by atoms with Crippen LogP contribution in [-0.4, -0.2) is 33.5 Å². The van der Waals surface area contributed by atoms with Gasteiger partial charge in [0.05, 0.1) is 11.7 Å². The highest BCUT2D eigenvalue weighted by Crippen LogP contribution is 2.23. The van der Waals surface area contributed by atoms with Gasteiger partial charge in [-0.3, -0.25) is 4.79 Å². The highest BCUT2D eigenvalue weighted by molar-refractivity contribution is 7.80. The van der Waals surface area contributed by atoms with E-state index >= 15 is 0 Å². The molecular weight excluding hydrogens is 216 g/mol. The topological polar surface area (TPSA) is 77.8 Å². The van der Waals surface area contributed by atoms with Crippen LogP contribution in [0, 0.1) is 0 Å². The first kappa shape index (κ1) is 12.0. The van der Waals surface area contributed by atoms with Crippen molar-refractivity contribution in [1.82, 2.24) is 0 Å². The minimum absolute atomic E-state index is 0.0814. The summed E-state index contributed by atoms with van der Waals surface area (Å²) >= 11 is 3.85. The number of aromatic hydroxyl groups is 1. The molecule has 2 unspecified atom stereocenters. The Balaban J connectivity index is 3.00. The first-order valence-corrected chi connectivity index (χ1v) is 4.98. The maximum absolute atomic E-state index is 10.5. The second kappa shape index (κ2) is 5.16. The van der Waals surface area contributed by atoms with Gasteiger partial charge in [0, 0.05) is 5.75 Å². The molecule has 82 valence electrons. The molecule has 2 atom stereocenters. The molecule has 3 N–H and O–H groups in total. The van der Waals surface area contributed by atoms with E-state index < -0.39 is 12.2 Å². The van der Waals surface area contributed by atoms with Crippen LogP contribution in [0.3, 0.4) is 0 Å². The number of thiol groups is 1. The fourth-order valence-corrected chi connectivity index (χ4v) is 1.37. The van der Waals surface area contributed by atoms with E-state index in [-0.39, 0.29) is 17.1 Å². The molecule has 0 bridgehead atoms. The fraction of sp³-hybridized carbons (Fsp3) is 0.300. The van der Waals surface area contributed by atoms with Crippen molar-refractivity contribution in [2.75, 3.05) is 5.75 Å². The standard InChI is InChI=1S/C10H12O4S/c11-4-7-3-6(1-2-8(7)12)10(14)9(13)5-15/h1-4,9-10,12-15H,5H2. The summed E-state index contributed by atoms with van der Waals surface area (Å²) in [5.41, 5.74) is 0.453. The molecule has 0 aliphatic heterocycles. The van der Waals surface area contributed by atoms with Gasteiger partial charge in [0.25, 0.3) is 0 Å². The Morgan fingerprint density at radius 3 is 2.60 bits per heavy atom. The van der Waals surface area contributed by atoms with Crippen LogP contribution in [0.5, 0.6) is 5.75 Å². The van der Waals surface area contributed by atoms with Gasteiger partial charge in [0.2, 0.25) is 0 Å². The predicted molar refractivity (Wildman–Crippen MR) is 58.3 cm³/mol. The smallest absolute Gasteiger partial charge is 0.153 e. The summed E-state index contributed by atoms with van der Waals surface area (Å²) < 4.78 is 0. The third-order valence-corrected chi connectivity index (χ3v) is 2.45. The molecule has 0 aliphatic carbocycles. The van der Waals surface area contributed by atoms with Crippen LogP contribution in [0.2, 0.25) is 0 Å². The van der Waals surface area contributed by atoms with E-state index in [1.807, 2.05) is 0 Å². The Bertz CT molecular complexity index is 353. The number of aliphatic hydroxyl groups is 2. The van der Waals surface area contributed by atoms with E-state index in [2.05, 4.69) is 12.6 Å². The lowest BCUT2D eigenvalue weighted by atomic mass is 10.0. The van der Waals surface area contributed by atoms with Gasteiger partial charge in [-0.25, -0.2) is 0 Å².